The van der Waals surface area contributed by atoms with Crippen LogP contribution in [0, 0.1) is 5.92 Å². The number of fused-ring (bicyclic) bond motifs is 1. The third kappa shape index (κ3) is 3.87. The zero-order valence-corrected chi connectivity index (χ0v) is 15.4. The Morgan fingerprint density at radius 1 is 1.32 bits per heavy atom. The lowest BCUT2D eigenvalue weighted by Crippen LogP contribution is -2.35. The molecular formula is C20H29N3O2. The molecule has 25 heavy (non-hydrogen) atoms. The first-order chi connectivity index (χ1) is 12.1. The molecule has 1 saturated heterocycles. The molecule has 3 heterocycles. The molecule has 1 fully saturated rings. The molecule has 136 valence electrons. The monoisotopic (exact) mass is 343 g/mol. The number of nitrogens with zero attached hydrogens (tertiary/aromatic N) is 3. The molecule has 5 nitrogen and oxygen atoms in total. The Kier molecular flexibility index (Phi) is 5.74. The van der Waals surface area contributed by atoms with Gasteiger partial charge in [-0.25, -0.2) is 9.78 Å². The number of likely N-dealkylation sites (tertiary alicyclic amines) is 1. The van der Waals surface area contributed by atoms with Crippen molar-refractivity contribution >= 4 is 11.5 Å². The zero-order chi connectivity index (χ0) is 17.8. The van der Waals surface area contributed by atoms with E-state index in [4.69, 9.17) is 4.98 Å². The maximum Gasteiger partial charge on any atom is 0.337 e. The van der Waals surface area contributed by atoms with Crippen LogP contribution in [0.5, 0.6) is 0 Å². The number of aromatic nitrogens is 2. The number of aryl methyl sites for hydroxylation is 1. The number of carboxylic acid groups (broad SMARTS) is 1. The van der Waals surface area contributed by atoms with Gasteiger partial charge in [0.2, 0.25) is 0 Å². The molecule has 0 spiro atoms. The van der Waals surface area contributed by atoms with Crippen molar-refractivity contribution in [3.8, 4) is 0 Å². The molecule has 0 atom stereocenters. The number of hydrogen-bond donors (Lipinski definition) is 1. The molecule has 0 saturated carbocycles. The van der Waals surface area contributed by atoms with Gasteiger partial charge in [-0.2, -0.15) is 0 Å². The highest BCUT2D eigenvalue weighted by atomic mass is 16.4. The van der Waals surface area contributed by atoms with E-state index in [1.54, 1.807) is 12.1 Å². The third-order valence-corrected chi connectivity index (χ3v) is 5.37. The highest BCUT2D eigenvalue weighted by Crippen LogP contribution is 2.26. The first-order valence-electron chi connectivity index (χ1n) is 9.58. The topological polar surface area (TPSA) is 57.8 Å². The molecule has 1 aliphatic rings. The Morgan fingerprint density at radius 3 is 2.72 bits per heavy atom. The number of aromatic carboxylic acids is 1. The zero-order valence-electron chi connectivity index (χ0n) is 15.4. The minimum absolute atomic E-state index is 0.366. The van der Waals surface area contributed by atoms with Gasteiger partial charge in [0, 0.05) is 12.6 Å². The van der Waals surface area contributed by atoms with Crippen LogP contribution in [0.25, 0.3) is 5.52 Å². The van der Waals surface area contributed by atoms with Crippen molar-refractivity contribution in [3.63, 3.8) is 0 Å². The van der Waals surface area contributed by atoms with Crippen molar-refractivity contribution in [1.29, 1.82) is 0 Å². The second-order valence-corrected chi connectivity index (χ2v) is 7.12. The Balaban J connectivity index is 1.79. The highest BCUT2D eigenvalue weighted by molar-refractivity contribution is 5.96. The van der Waals surface area contributed by atoms with Gasteiger partial charge >= 0.3 is 5.97 Å². The van der Waals surface area contributed by atoms with Crippen molar-refractivity contribution in [2.45, 2.75) is 52.4 Å². The fourth-order valence-corrected chi connectivity index (χ4v) is 3.91. The second kappa shape index (κ2) is 8.00. The van der Waals surface area contributed by atoms with Gasteiger partial charge in [0.15, 0.2) is 0 Å². The maximum atomic E-state index is 11.7. The van der Waals surface area contributed by atoms with Gasteiger partial charge in [-0.1, -0.05) is 20.3 Å². The number of piperidine rings is 1. The molecule has 1 aliphatic heterocycles. The number of hydrogen-bond acceptors (Lipinski definition) is 3. The summed E-state index contributed by atoms with van der Waals surface area (Å²) < 4.78 is 1.97. The number of rotatable bonds is 7. The SMILES string of the molecule is CCCCN1CCC(Cc2nc(CC)n3cccc(C(=O)O)c23)CC1. The maximum absolute atomic E-state index is 11.7. The molecule has 0 radical (unpaired) electrons. The van der Waals surface area contributed by atoms with Gasteiger partial charge in [0.1, 0.15) is 5.82 Å². The summed E-state index contributed by atoms with van der Waals surface area (Å²) in [4.78, 5) is 19.0. The molecule has 5 heteroatoms. The minimum Gasteiger partial charge on any atom is -0.478 e. The molecule has 0 aliphatic carbocycles. The molecule has 0 unspecified atom stereocenters. The van der Waals surface area contributed by atoms with Crippen molar-refractivity contribution in [2.75, 3.05) is 19.6 Å². The molecule has 2 aromatic rings. The summed E-state index contributed by atoms with van der Waals surface area (Å²) in [6.07, 6.45) is 8.51. The molecule has 3 rings (SSSR count). The van der Waals surface area contributed by atoms with Gasteiger partial charge in [-0.15, -0.1) is 0 Å². The summed E-state index contributed by atoms with van der Waals surface area (Å²) in [7, 11) is 0. The fourth-order valence-electron chi connectivity index (χ4n) is 3.91. The lowest BCUT2D eigenvalue weighted by Gasteiger charge is -2.31. The Labute approximate surface area is 149 Å². The first kappa shape index (κ1) is 17.9. The van der Waals surface area contributed by atoms with E-state index in [0.29, 0.717) is 11.5 Å². The Morgan fingerprint density at radius 2 is 2.08 bits per heavy atom. The summed E-state index contributed by atoms with van der Waals surface area (Å²) in [5, 5.41) is 9.56. The predicted molar refractivity (Wildman–Crippen MR) is 99.3 cm³/mol. The molecule has 0 amide bonds. The molecule has 0 bridgehead atoms. The average Bonchev–Trinajstić information content (AvgIpc) is 2.99. The van der Waals surface area contributed by atoms with Gasteiger partial charge in [0.25, 0.3) is 0 Å². The van der Waals surface area contributed by atoms with Crippen molar-refractivity contribution in [3.05, 3.63) is 35.4 Å². The summed E-state index contributed by atoms with van der Waals surface area (Å²) in [5.41, 5.74) is 2.12. The smallest absolute Gasteiger partial charge is 0.337 e. The standard InChI is InChI=1S/C20H29N3O2/c1-3-5-10-22-12-8-15(9-13-22)14-17-19-16(20(24)25)7-6-11-23(19)18(4-2)21-17/h6-7,11,15H,3-5,8-10,12-14H2,1-2H3,(H,24,25). The fraction of sp³-hybridized carbons (Fsp3) is 0.600. The van der Waals surface area contributed by atoms with E-state index in [2.05, 4.69) is 18.7 Å². The van der Waals surface area contributed by atoms with Gasteiger partial charge in [0.05, 0.1) is 16.8 Å². The number of carboxylic acids is 1. The van der Waals surface area contributed by atoms with E-state index in [0.717, 1.165) is 43.0 Å². The third-order valence-electron chi connectivity index (χ3n) is 5.37. The Hall–Kier alpha value is -1.88. The largest absolute Gasteiger partial charge is 0.478 e. The minimum atomic E-state index is -0.871. The number of pyridine rings is 1. The normalized spacial score (nSPS) is 16.6. The van der Waals surface area contributed by atoms with Crippen LogP contribution in [0.2, 0.25) is 0 Å². The lowest BCUT2D eigenvalue weighted by atomic mass is 9.91. The quantitative estimate of drug-likeness (QED) is 0.834. The van der Waals surface area contributed by atoms with Crippen LogP contribution >= 0.6 is 0 Å². The van der Waals surface area contributed by atoms with Gasteiger partial charge < -0.3 is 14.4 Å². The van der Waals surface area contributed by atoms with Crippen LogP contribution < -0.4 is 0 Å². The van der Waals surface area contributed by atoms with E-state index >= 15 is 0 Å². The number of carbonyl (C=O) groups is 1. The summed E-state index contributed by atoms with van der Waals surface area (Å²) in [5.74, 6) is 0.681. The highest BCUT2D eigenvalue weighted by Gasteiger charge is 2.23. The Bertz CT molecular complexity index is 730. The van der Waals surface area contributed by atoms with E-state index in [-0.39, 0.29) is 0 Å². The lowest BCUT2D eigenvalue weighted by molar-refractivity contribution is 0.0698. The van der Waals surface area contributed by atoms with E-state index in [9.17, 15) is 9.90 Å². The van der Waals surface area contributed by atoms with Crippen LogP contribution in [-0.4, -0.2) is 45.0 Å². The average molecular weight is 343 g/mol. The first-order valence-corrected chi connectivity index (χ1v) is 9.58. The van der Waals surface area contributed by atoms with E-state index < -0.39 is 5.97 Å². The van der Waals surface area contributed by atoms with Crippen LogP contribution in [0.15, 0.2) is 18.3 Å². The molecular weight excluding hydrogens is 314 g/mol. The summed E-state index contributed by atoms with van der Waals surface area (Å²) in [6.45, 7) is 7.83. The second-order valence-electron chi connectivity index (χ2n) is 7.12. The summed E-state index contributed by atoms with van der Waals surface area (Å²) in [6, 6.07) is 3.49. The van der Waals surface area contributed by atoms with Crippen LogP contribution in [-0.2, 0) is 12.8 Å². The molecule has 0 aromatic carbocycles. The van der Waals surface area contributed by atoms with Crippen LogP contribution in [0.3, 0.4) is 0 Å². The van der Waals surface area contributed by atoms with Crippen molar-refractivity contribution in [2.24, 2.45) is 5.92 Å². The molecule has 2 aromatic heterocycles. The van der Waals surface area contributed by atoms with Crippen molar-refractivity contribution in [1.82, 2.24) is 14.3 Å². The van der Waals surface area contributed by atoms with Gasteiger partial charge in [-0.3, -0.25) is 0 Å². The predicted octanol–water partition coefficient (Wildman–Crippen LogP) is 3.65. The molecule has 1 N–H and O–H groups in total. The summed E-state index contributed by atoms with van der Waals surface area (Å²) >= 11 is 0. The van der Waals surface area contributed by atoms with E-state index in [1.165, 1.54) is 32.2 Å². The number of imidazole rings is 1. The van der Waals surface area contributed by atoms with E-state index in [1.807, 2.05) is 10.6 Å². The van der Waals surface area contributed by atoms with Crippen LogP contribution in [0.1, 0.15) is 61.4 Å². The van der Waals surface area contributed by atoms with Crippen LogP contribution in [0.4, 0.5) is 0 Å². The number of unbranched alkanes of at least 4 members (excludes halogenated alkanes) is 1. The van der Waals surface area contributed by atoms with Gasteiger partial charge in [-0.05, 0) is 63.4 Å². The van der Waals surface area contributed by atoms with Crippen molar-refractivity contribution < 1.29 is 9.90 Å².